The second kappa shape index (κ2) is 7.52. The van der Waals surface area contributed by atoms with E-state index in [1.165, 1.54) is 11.1 Å². The molecule has 10 atom stereocenters. The summed E-state index contributed by atoms with van der Waals surface area (Å²) in [5.41, 5.74) is 3.33. The molecule has 0 radical (unpaired) electrons. The van der Waals surface area contributed by atoms with Crippen LogP contribution in [0, 0.1) is 35.0 Å². The predicted molar refractivity (Wildman–Crippen MR) is 125 cm³/mol. The van der Waals surface area contributed by atoms with Crippen LogP contribution < -0.4 is 5.32 Å². The lowest BCUT2D eigenvalue weighted by atomic mass is 9.56. The second-order valence-electron chi connectivity index (χ2n) is 12.3. The highest BCUT2D eigenvalue weighted by atomic mass is 16.5. The van der Waals surface area contributed by atoms with Crippen LogP contribution in [0.1, 0.15) is 72.6 Å². The van der Waals surface area contributed by atoms with Crippen LogP contribution in [0.15, 0.2) is 22.8 Å². The molecule has 0 aromatic heterocycles. The molecule has 2 aliphatic heterocycles. The minimum absolute atomic E-state index is 0.0349. The zero-order chi connectivity index (χ0) is 23.1. The number of carbonyl (C=O) groups excluding carboxylic acids is 2. The fourth-order valence-electron chi connectivity index (χ4n) is 9.11. The summed E-state index contributed by atoms with van der Waals surface area (Å²) in [5, 5.41) is 3.77. The maximum absolute atomic E-state index is 14.2. The van der Waals surface area contributed by atoms with Crippen molar-refractivity contribution in [3.05, 3.63) is 22.8 Å². The van der Waals surface area contributed by atoms with Gasteiger partial charge in [0, 0.05) is 29.9 Å². The number of piperidine rings is 1. The molecule has 33 heavy (non-hydrogen) atoms. The summed E-state index contributed by atoms with van der Waals surface area (Å²) in [6.45, 7) is 10.8. The molecule has 5 nitrogen and oxygen atoms in total. The van der Waals surface area contributed by atoms with Crippen LogP contribution in [0.2, 0.25) is 0 Å². The third-order valence-corrected chi connectivity index (χ3v) is 10.8. The molecule has 4 fully saturated rings. The molecule has 0 bridgehead atoms. The van der Waals surface area contributed by atoms with E-state index in [1.807, 2.05) is 0 Å². The smallest absolute Gasteiger partial charge is 0.293 e. The van der Waals surface area contributed by atoms with Crippen molar-refractivity contribution in [1.29, 1.82) is 0 Å². The molecule has 6 rings (SSSR count). The maximum Gasteiger partial charge on any atom is 0.293 e. The molecule has 180 valence electrons. The Bertz CT molecular complexity index is 938. The highest BCUT2D eigenvalue weighted by Crippen LogP contribution is 2.63. The molecule has 1 spiro atoms. The summed E-state index contributed by atoms with van der Waals surface area (Å²) in [6, 6.07) is 0.394. The zero-order valence-corrected chi connectivity index (χ0v) is 20.6. The first-order chi connectivity index (χ1) is 15.8. The first kappa shape index (κ1) is 22.0. The monoisotopic (exact) mass is 453 g/mol. The molecule has 2 saturated carbocycles. The first-order valence-electron chi connectivity index (χ1n) is 13.3. The van der Waals surface area contributed by atoms with E-state index in [1.54, 1.807) is 0 Å². The molecule has 4 aliphatic carbocycles. The van der Waals surface area contributed by atoms with Crippen molar-refractivity contribution in [2.24, 2.45) is 35.0 Å². The predicted octanol–water partition coefficient (Wildman–Crippen LogP) is 4.36. The Kier molecular flexibility index (Phi) is 5.02. The van der Waals surface area contributed by atoms with Gasteiger partial charge in [0.25, 0.3) is 6.47 Å². The highest BCUT2D eigenvalue weighted by molar-refractivity contribution is 6.02. The number of Topliss-reactive ketones (excluding diaryl/α,β-unsaturated/α-hetero) is 1. The number of rotatable bonds is 2. The van der Waals surface area contributed by atoms with E-state index in [0.29, 0.717) is 42.0 Å². The molecule has 0 unspecified atom stereocenters. The lowest BCUT2D eigenvalue weighted by Gasteiger charge is -2.48. The lowest BCUT2D eigenvalue weighted by molar-refractivity contribution is -0.136. The quantitative estimate of drug-likeness (QED) is 0.497. The third-order valence-electron chi connectivity index (χ3n) is 10.8. The summed E-state index contributed by atoms with van der Waals surface area (Å²) < 4.78 is 12.3. The van der Waals surface area contributed by atoms with Gasteiger partial charge < -0.3 is 14.8 Å². The van der Waals surface area contributed by atoms with Gasteiger partial charge in [-0.3, -0.25) is 9.59 Å². The SMILES string of the molecule is CC1=C2C(=O)[C@H]3[C@@H](CC=C4C[C@@H](OC=O)CC[C@@]43C)[C@@H]2CC[C@]12O[C@@H]1C[C@H](C)CN[C@H]1[C@H]2C. The summed E-state index contributed by atoms with van der Waals surface area (Å²) in [6.07, 6.45) is 9.37. The number of allylic oxidation sites excluding steroid dienone is 2. The normalized spacial score (nSPS) is 50.9. The summed E-state index contributed by atoms with van der Waals surface area (Å²) in [4.78, 5) is 25.1. The Hall–Kier alpha value is -1.46. The fourth-order valence-corrected chi connectivity index (χ4v) is 9.11. The van der Waals surface area contributed by atoms with Gasteiger partial charge in [-0.15, -0.1) is 0 Å². The number of hydrogen-bond acceptors (Lipinski definition) is 5. The number of fused-ring (bicyclic) bond motifs is 6. The Balaban J connectivity index is 1.35. The van der Waals surface area contributed by atoms with E-state index in [0.717, 1.165) is 57.1 Å². The van der Waals surface area contributed by atoms with Gasteiger partial charge >= 0.3 is 0 Å². The number of carbonyl (C=O) groups is 2. The van der Waals surface area contributed by atoms with Crippen molar-refractivity contribution in [3.63, 3.8) is 0 Å². The third kappa shape index (κ3) is 2.90. The largest absolute Gasteiger partial charge is 0.464 e. The Morgan fingerprint density at radius 3 is 2.85 bits per heavy atom. The van der Waals surface area contributed by atoms with E-state index >= 15 is 0 Å². The van der Waals surface area contributed by atoms with Crippen molar-refractivity contribution in [3.8, 4) is 0 Å². The number of nitrogens with one attached hydrogen (secondary N) is 1. The van der Waals surface area contributed by atoms with Gasteiger partial charge in [-0.2, -0.15) is 0 Å². The zero-order valence-electron chi connectivity index (χ0n) is 20.6. The van der Waals surface area contributed by atoms with Crippen LogP contribution in [0.3, 0.4) is 0 Å². The molecule has 1 N–H and O–H groups in total. The molecule has 6 aliphatic rings. The topological polar surface area (TPSA) is 64.6 Å². The standard InChI is InChI=1S/C28H39NO4/c1-15-11-22-25(29-13-15)17(3)28(33-22)10-8-20-21-6-5-18-12-19(32-14-30)7-9-27(18,4)24(21)26(31)23(20)16(28)2/h5,14-15,17,19-22,24-25,29H,6-13H2,1-4H3/t15-,17+,19-,20-,21-,22+,24+,25-,27-,28-/m0/s1. The Labute approximate surface area is 197 Å². The van der Waals surface area contributed by atoms with Crippen molar-refractivity contribution >= 4 is 12.3 Å². The van der Waals surface area contributed by atoms with E-state index in [2.05, 4.69) is 39.1 Å². The molecule has 2 saturated heterocycles. The summed E-state index contributed by atoms with van der Waals surface area (Å²) >= 11 is 0. The molecular formula is C28H39NO4. The molecule has 0 aromatic rings. The van der Waals surface area contributed by atoms with E-state index in [9.17, 15) is 9.59 Å². The molecule has 5 heteroatoms. The Morgan fingerprint density at radius 1 is 1.24 bits per heavy atom. The van der Waals surface area contributed by atoms with Gasteiger partial charge in [-0.25, -0.2) is 0 Å². The van der Waals surface area contributed by atoms with E-state index in [-0.39, 0.29) is 29.1 Å². The van der Waals surface area contributed by atoms with E-state index in [4.69, 9.17) is 9.47 Å². The van der Waals surface area contributed by atoms with Crippen LogP contribution in [0.25, 0.3) is 0 Å². The Morgan fingerprint density at radius 2 is 2.06 bits per heavy atom. The number of ether oxygens (including phenoxy) is 2. The number of ketones is 1. The summed E-state index contributed by atoms with van der Waals surface area (Å²) in [5.74, 6) is 2.27. The molecule has 2 heterocycles. The van der Waals surface area contributed by atoms with Crippen LogP contribution in [-0.4, -0.2) is 42.7 Å². The average molecular weight is 454 g/mol. The first-order valence-corrected chi connectivity index (χ1v) is 13.3. The number of hydrogen-bond donors (Lipinski definition) is 1. The lowest BCUT2D eigenvalue weighted by Crippen LogP contribution is -2.49. The maximum atomic E-state index is 14.2. The van der Waals surface area contributed by atoms with Crippen LogP contribution in [0.5, 0.6) is 0 Å². The van der Waals surface area contributed by atoms with Crippen molar-refractivity contribution in [2.45, 2.75) is 96.5 Å². The van der Waals surface area contributed by atoms with Gasteiger partial charge in [-0.05, 0) is 80.7 Å². The molecular weight excluding hydrogens is 414 g/mol. The second-order valence-corrected chi connectivity index (χ2v) is 12.3. The van der Waals surface area contributed by atoms with Crippen molar-refractivity contribution in [1.82, 2.24) is 5.32 Å². The van der Waals surface area contributed by atoms with Gasteiger partial charge in [0.05, 0.1) is 11.7 Å². The van der Waals surface area contributed by atoms with Crippen LogP contribution in [0.4, 0.5) is 0 Å². The van der Waals surface area contributed by atoms with Crippen molar-refractivity contribution in [2.75, 3.05) is 6.54 Å². The average Bonchev–Trinajstić information content (AvgIpc) is 3.24. The van der Waals surface area contributed by atoms with E-state index < -0.39 is 0 Å². The summed E-state index contributed by atoms with van der Waals surface area (Å²) in [7, 11) is 0. The van der Waals surface area contributed by atoms with Crippen LogP contribution >= 0.6 is 0 Å². The minimum atomic E-state index is -0.284. The fraction of sp³-hybridized carbons (Fsp3) is 0.786. The van der Waals surface area contributed by atoms with Gasteiger partial charge in [0.1, 0.15) is 6.10 Å². The van der Waals surface area contributed by atoms with Gasteiger partial charge in [0.15, 0.2) is 5.78 Å². The molecule has 0 aromatic carbocycles. The molecule has 0 amide bonds. The van der Waals surface area contributed by atoms with Gasteiger partial charge in [0.2, 0.25) is 0 Å². The van der Waals surface area contributed by atoms with Crippen LogP contribution in [-0.2, 0) is 19.1 Å². The van der Waals surface area contributed by atoms with Crippen molar-refractivity contribution < 1.29 is 19.1 Å². The minimum Gasteiger partial charge on any atom is -0.464 e. The highest BCUT2D eigenvalue weighted by Gasteiger charge is 2.63. The van der Waals surface area contributed by atoms with Gasteiger partial charge in [-0.1, -0.05) is 32.4 Å².